The maximum absolute atomic E-state index is 13.3. The van der Waals surface area contributed by atoms with Gasteiger partial charge in [0.2, 0.25) is 0 Å². The van der Waals surface area contributed by atoms with Crippen LogP contribution in [0.2, 0.25) is 5.02 Å². The zero-order valence-electron chi connectivity index (χ0n) is 12.2. The van der Waals surface area contributed by atoms with Gasteiger partial charge in [-0.3, -0.25) is 4.99 Å². The predicted octanol–water partition coefficient (Wildman–Crippen LogP) is 4.37. The van der Waals surface area contributed by atoms with Crippen molar-refractivity contribution in [3.8, 4) is 0 Å². The van der Waals surface area contributed by atoms with Gasteiger partial charge in [-0.25, -0.2) is 9.18 Å². The number of nitrogens with zero attached hydrogens (tertiary/aromatic N) is 1. The van der Waals surface area contributed by atoms with Crippen molar-refractivity contribution in [1.29, 1.82) is 0 Å². The summed E-state index contributed by atoms with van der Waals surface area (Å²) in [5.74, 6) is -1.41. The lowest BCUT2D eigenvalue weighted by Crippen LogP contribution is -2.09. The van der Waals surface area contributed by atoms with E-state index in [1.54, 1.807) is 0 Å². The second-order valence-corrected chi connectivity index (χ2v) is 6.58. The standard InChI is InChI=1S/C16H13ClFNO3S/c1-22-16(21)11(7-19-9-3-4-9)14(20)15-13(17)10-5-2-8(18)6-12(10)23-15/h2,5-7,9,20H,3-4H2,1H3/b14-11+,19-7?. The molecule has 1 heterocycles. The molecule has 0 amide bonds. The number of hydrogen-bond donors (Lipinski definition) is 1. The van der Waals surface area contributed by atoms with Gasteiger partial charge in [-0.15, -0.1) is 11.3 Å². The summed E-state index contributed by atoms with van der Waals surface area (Å²) in [5, 5.41) is 11.4. The van der Waals surface area contributed by atoms with Crippen molar-refractivity contribution in [2.24, 2.45) is 4.99 Å². The van der Waals surface area contributed by atoms with Crippen molar-refractivity contribution in [3.05, 3.63) is 39.5 Å². The van der Waals surface area contributed by atoms with E-state index >= 15 is 0 Å². The summed E-state index contributed by atoms with van der Waals surface area (Å²) in [6.07, 6.45) is 3.25. The van der Waals surface area contributed by atoms with Gasteiger partial charge in [0.15, 0.2) is 0 Å². The zero-order chi connectivity index (χ0) is 16.6. The first-order valence-electron chi connectivity index (χ1n) is 6.94. The Hall–Kier alpha value is -1.92. The van der Waals surface area contributed by atoms with Crippen molar-refractivity contribution < 1.29 is 19.0 Å². The van der Waals surface area contributed by atoms with Crippen LogP contribution in [0, 0.1) is 5.82 Å². The number of ether oxygens (including phenoxy) is 1. The first kappa shape index (κ1) is 16.0. The Morgan fingerprint density at radius 1 is 1.52 bits per heavy atom. The lowest BCUT2D eigenvalue weighted by Gasteiger charge is -2.04. The first-order chi connectivity index (χ1) is 11.0. The van der Waals surface area contributed by atoms with Crippen molar-refractivity contribution >= 4 is 51.0 Å². The first-order valence-corrected chi connectivity index (χ1v) is 8.13. The number of halogens is 2. The molecule has 4 nitrogen and oxygen atoms in total. The van der Waals surface area contributed by atoms with Crippen molar-refractivity contribution in [3.63, 3.8) is 0 Å². The van der Waals surface area contributed by atoms with E-state index in [0.29, 0.717) is 10.1 Å². The number of hydrogen-bond acceptors (Lipinski definition) is 5. The van der Waals surface area contributed by atoms with E-state index in [1.807, 2.05) is 0 Å². The number of carbonyl (C=O) groups excluding carboxylic acids is 1. The summed E-state index contributed by atoms with van der Waals surface area (Å²) in [6.45, 7) is 0. The van der Waals surface area contributed by atoms with Crippen molar-refractivity contribution in [1.82, 2.24) is 0 Å². The van der Waals surface area contributed by atoms with Gasteiger partial charge in [-0.2, -0.15) is 0 Å². The Labute approximate surface area is 140 Å². The van der Waals surface area contributed by atoms with Crippen LogP contribution in [0.25, 0.3) is 15.8 Å². The van der Waals surface area contributed by atoms with Crippen LogP contribution in [0.15, 0.2) is 28.8 Å². The lowest BCUT2D eigenvalue weighted by atomic mass is 10.2. The molecule has 0 spiro atoms. The molecule has 1 fully saturated rings. The predicted molar refractivity (Wildman–Crippen MR) is 89.9 cm³/mol. The van der Waals surface area contributed by atoms with Crippen molar-refractivity contribution in [2.75, 3.05) is 7.11 Å². The van der Waals surface area contributed by atoms with E-state index in [2.05, 4.69) is 4.99 Å². The molecule has 0 radical (unpaired) electrons. The van der Waals surface area contributed by atoms with Gasteiger partial charge in [0, 0.05) is 16.3 Å². The molecule has 0 aliphatic heterocycles. The van der Waals surface area contributed by atoms with Crippen LogP contribution in [0.4, 0.5) is 4.39 Å². The number of methoxy groups -OCH3 is 1. The highest BCUT2D eigenvalue weighted by Gasteiger charge is 2.23. The molecular weight excluding hydrogens is 341 g/mol. The number of aliphatic hydroxyl groups is 1. The maximum atomic E-state index is 13.3. The second-order valence-electron chi connectivity index (χ2n) is 5.15. The Bertz CT molecular complexity index is 839. The van der Waals surface area contributed by atoms with Crippen LogP contribution in [0.5, 0.6) is 0 Å². The maximum Gasteiger partial charge on any atom is 0.343 e. The number of benzene rings is 1. The molecule has 0 atom stereocenters. The van der Waals surface area contributed by atoms with Gasteiger partial charge < -0.3 is 9.84 Å². The quantitative estimate of drug-likeness (QED) is 0.384. The molecule has 0 bridgehead atoms. The summed E-state index contributed by atoms with van der Waals surface area (Å²) < 4.78 is 18.6. The summed E-state index contributed by atoms with van der Waals surface area (Å²) in [5.41, 5.74) is -0.0617. The Balaban J connectivity index is 2.12. The molecule has 7 heteroatoms. The number of fused-ring (bicyclic) bond motifs is 1. The van der Waals surface area contributed by atoms with E-state index in [-0.39, 0.29) is 27.3 Å². The Morgan fingerprint density at radius 3 is 2.91 bits per heavy atom. The van der Waals surface area contributed by atoms with E-state index in [1.165, 1.54) is 31.5 Å². The number of rotatable bonds is 4. The molecule has 1 aromatic heterocycles. The minimum absolute atomic E-state index is 0.0617. The molecule has 2 aromatic rings. The number of aliphatic imine (C=N–C) groups is 1. The van der Waals surface area contributed by atoms with E-state index in [0.717, 1.165) is 24.2 Å². The monoisotopic (exact) mass is 353 g/mol. The normalized spacial score (nSPS) is 16.0. The van der Waals surface area contributed by atoms with Gasteiger partial charge in [-0.1, -0.05) is 11.6 Å². The largest absolute Gasteiger partial charge is 0.505 e. The highest BCUT2D eigenvalue weighted by Crippen LogP contribution is 2.39. The SMILES string of the molecule is COC(=O)/C(C=NC1CC1)=C(/O)c1sc2cc(F)ccc2c1Cl. The third-order valence-corrected chi connectivity index (χ3v) is 5.09. The minimum atomic E-state index is -0.702. The summed E-state index contributed by atoms with van der Waals surface area (Å²) in [4.78, 5) is 16.4. The minimum Gasteiger partial charge on any atom is -0.505 e. The molecule has 3 rings (SSSR count). The lowest BCUT2D eigenvalue weighted by molar-refractivity contribution is -0.135. The highest BCUT2D eigenvalue weighted by molar-refractivity contribution is 7.20. The van der Waals surface area contributed by atoms with E-state index in [4.69, 9.17) is 16.3 Å². The summed E-state index contributed by atoms with van der Waals surface area (Å²) >= 11 is 7.37. The third-order valence-electron chi connectivity index (χ3n) is 3.43. The molecule has 0 saturated heterocycles. The molecular formula is C16H13ClFNO3S. The third kappa shape index (κ3) is 3.23. The Morgan fingerprint density at radius 2 is 2.26 bits per heavy atom. The molecule has 1 N–H and O–H groups in total. The number of aliphatic hydroxyl groups excluding tert-OH is 1. The van der Waals surface area contributed by atoms with Crippen LogP contribution in [-0.2, 0) is 9.53 Å². The average Bonchev–Trinajstić information content (AvgIpc) is 3.30. The van der Waals surface area contributed by atoms with Gasteiger partial charge in [0.05, 0.1) is 23.1 Å². The topological polar surface area (TPSA) is 58.9 Å². The zero-order valence-corrected chi connectivity index (χ0v) is 13.7. The smallest absolute Gasteiger partial charge is 0.343 e. The summed E-state index contributed by atoms with van der Waals surface area (Å²) in [7, 11) is 1.22. The van der Waals surface area contributed by atoms with E-state index < -0.39 is 11.8 Å². The number of carbonyl (C=O) groups is 1. The number of esters is 1. The average molecular weight is 354 g/mol. The van der Waals surface area contributed by atoms with Gasteiger partial charge in [0.25, 0.3) is 0 Å². The Kier molecular flexibility index (Phi) is 4.37. The fraction of sp³-hybridized carbons (Fsp3) is 0.250. The van der Waals surface area contributed by atoms with Gasteiger partial charge in [0.1, 0.15) is 17.1 Å². The van der Waals surface area contributed by atoms with Crippen LogP contribution < -0.4 is 0 Å². The molecule has 1 aliphatic carbocycles. The summed E-state index contributed by atoms with van der Waals surface area (Å²) in [6, 6.07) is 4.35. The molecule has 1 aromatic carbocycles. The molecule has 1 aliphatic rings. The fourth-order valence-corrected chi connectivity index (χ4v) is 3.54. The fourth-order valence-electron chi connectivity index (χ4n) is 2.04. The van der Waals surface area contributed by atoms with Crippen LogP contribution >= 0.6 is 22.9 Å². The van der Waals surface area contributed by atoms with E-state index in [9.17, 15) is 14.3 Å². The molecule has 1 saturated carbocycles. The van der Waals surface area contributed by atoms with Crippen LogP contribution in [0.3, 0.4) is 0 Å². The second kappa shape index (κ2) is 6.29. The highest BCUT2D eigenvalue weighted by atomic mass is 35.5. The number of thiophene rings is 1. The molecule has 0 unspecified atom stereocenters. The van der Waals surface area contributed by atoms with Gasteiger partial charge in [-0.05, 0) is 31.0 Å². The molecule has 23 heavy (non-hydrogen) atoms. The van der Waals surface area contributed by atoms with Gasteiger partial charge >= 0.3 is 5.97 Å². The van der Waals surface area contributed by atoms with Crippen LogP contribution in [0.1, 0.15) is 17.7 Å². The van der Waals surface area contributed by atoms with Crippen molar-refractivity contribution in [2.45, 2.75) is 18.9 Å². The molecule has 120 valence electrons. The van der Waals surface area contributed by atoms with Crippen LogP contribution in [-0.4, -0.2) is 30.4 Å².